The summed E-state index contributed by atoms with van der Waals surface area (Å²) in [6, 6.07) is 26.7. The summed E-state index contributed by atoms with van der Waals surface area (Å²) < 4.78 is 6.05. The second kappa shape index (κ2) is 11.1. The van der Waals surface area contributed by atoms with Crippen molar-refractivity contribution in [3.8, 4) is 11.8 Å². The maximum atomic E-state index is 13.0. The summed E-state index contributed by atoms with van der Waals surface area (Å²) in [6.07, 6.45) is 1.52. The molecule has 8 nitrogen and oxygen atoms in total. The second-order valence-corrected chi connectivity index (χ2v) is 8.48. The first-order valence-electron chi connectivity index (χ1n) is 11.4. The Morgan fingerprint density at radius 3 is 2.38 bits per heavy atom. The van der Waals surface area contributed by atoms with Crippen LogP contribution in [0.15, 0.2) is 90.5 Å². The SMILES string of the molecule is CN(C)c1ccc(NC(=O)/C(C#N)=C\c2c(OCc3ccc([N+](=O)[O-])cc3)ccc3ccccc23)cc1. The van der Waals surface area contributed by atoms with Crippen molar-refractivity contribution in [1.29, 1.82) is 5.26 Å². The van der Waals surface area contributed by atoms with E-state index in [-0.39, 0.29) is 17.9 Å². The zero-order chi connectivity index (χ0) is 26.4. The van der Waals surface area contributed by atoms with Crippen molar-refractivity contribution in [2.24, 2.45) is 0 Å². The maximum Gasteiger partial charge on any atom is 0.269 e. The first-order valence-corrected chi connectivity index (χ1v) is 11.4. The molecule has 4 rings (SSSR count). The van der Waals surface area contributed by atoms with Crippen LogP contribution in [0.2, 0.25) is 0 Å². The Labute approximate surface area is 214 Å². The van der Waals surface area contributed by atoms with Gasteiger partial charge in [-0.2, -0.15) is 5.26 Å². The van der Waals surface area contributed by atoms with Gasteiger partial charge >= 0.3 is 0 Å². The number of carbonyl (C=O) groups excluding carboxylic acids is 1. The molecule has 1 amide bonds. The van der Waals surface area contributed by atoms with Gasteiger partial charge in [-0.15, -0.1) is 0 Å². The molecule has 37 heavy (non-hydrogen) atoms. The van der Waals surface area contributed by atoms with E-state index in [4.69, 9.17) is 4.74 Å². The van der Waals surface area contributed by atoms with Crippen molar-refractivity contribution in [2.75, 3.05) is 24.3 Å². The second-order valence-electron chi connectivity index (χ2n) is 8.48. The summed E-state index contributed by atoms with van der Waals surface area (Å²) in [6.45, 7) is 0.156. The summed E-state index contributed by atoms with van der Waals surface area (Å²) >= 11 is 0. The summed E-state index contributed by atoms with van der Waals surface area (Å²) in [7, 11) is 3.85. The molecule has 4 aromatic rings. The molecule has 0 aliphatic carbocycles. The van der Waals surface area contributed by atoms with Gasteiger partial charge in [0.2, 0.25) is 0 Å². The van der Waals surface area contributed by atoms with Gasteiger partial charge in [0.25, 0.3) is 11.6 Å². The predicted molar refractivity (Wildman–Crippen MR) is 144 cm³/mol. The number of rotatable bonds is 8. The average Bonchev–Trinajstić information content (AvgIpc) is 2.91. The number of carbonyl (C=O) groups is 1. The highest BCUT2D eigenvalue weighted by atomic mass is 16.6. The van der Waals surface area contributed by atoms with E-state index in [1.54, 1.807) is 30.3 Å². The molecule has 0 unspecified atom stereocenters. The normalized spacial score (nSPS) is 11.0. The Kier molecular flexibility index (Phi) is 7.45. The molecule has 0 fully saturated rings. The quantitative estimate of drug-likeness (QED) is 0.141. The molecule has 0 radical (unpaired) electrons. The molecule has 8 heteroatoms. The van der Waals surface area contributed by atoms with Crippen LogP contribution in [0.5, 0.6) is 5.75 Å². The molecule has 0 atom stereocenters. The first-order chi connectivity index (χ1) is 17.9. The number of non-ortho nitro benzene ring substituents is 1. The van der Waals surface area contributed by atoms with E-state index in [0.29, 0.717) is 17.0 Å². The van der Waals surface area contributed by atoms with Crippen LogP contribution in [-0.4, -0.2) is 24.9 Å². The summed E-state index contributed by atoms with van der Waals surface area (Å²) in [4.78, 5) is 25.4. The van der Waals surface area contributed by atoms with Gasteiger partial charge in [-0.1, -0.05) is 30.3 Å². The van der Waals surface area contributed by atoms with Crippen LogP contribution in [0.4, 0.5) is 17.1 Å². The van der Waals surface area contributed by atoms with Gasteiger partial charge in [-0.3, -0.25) is 14.9 Å². The van der Waals surface area contributed by atoms with Crippen LogP contribution in [-0.2, 0) is 11.4 Å². The zero-order valence-electron chi connectivity index (χ0n) is 20.3. The van der Waals surface area contributed by atoms with E-state index in [2.05, 4.69) is 5.32 Å². The van der Waals surface area contributed by atoms with Gasteiger partial charge in [0.1, 0.15) is 24.0 Å². The van der Waals surface area contributed by atoms with Gasteiger partial charge < -0.3 is 15.0 Å². The minimum absolute atomic E-state index is 0.000827. The van der Waals surface area contributed by atoms with E-state index in [1.807, 2.05) is 67.5 Å². The van der Waals surface area contributed by atoms with Crippen molar-refractivity contribution in [1.82, 2.24) is 0 Å². The van der Waals surface area contributed by atoms with Crippen molar-refractivity contribution < 1.29 is 14.5 Å². The number of nitrogens with zero attached hydrogens (tertiary/aromatic N) is 3. The number of benzene rings is 4. The zero-order valence-corrected chi connectivity index (χ0v) is 20.3. The minimum atomic E-state index is -0.533. The molecule has 4 aromatic carbocycles. The van der Waals surface area contributed by atoms with Crippen molar-refractivity contribution >= 4 is 39.8 Å². The van der Waals surface area contributed by atoms with Crippen molar-refractivity contribution in [2.45, 2.75) is 6.61 Å². The van der Waals surface area contributed by atoms with Crippen molar-refractivity contribution in [3.63, 3.8) is 0 Å². The highest BCUT2D eigenvalue weighted by Crippen LogP contribution is 2.31. The minimum Gasteiger partial charge on any atom is -0.488 e. The van der Waals surface area contributed by atoms with Gasteiger partial charge in [-0.25, -0.2) is 0 Å². The van der Waals surface area contributed by atoms with Gasteiger partial charge in [0.05, 0.1) is 4.92 Å². The first kappa shape index (κ1) is 24.9. The number of hydrogen-bond acceptors (Lipinski definition) is 6. The number of nitro groups is 1. The fraction of sp³-hybridized carbons (Fsp3) is 0.103. The van der Waals surface area contributed by atoms with Crippen LogP contribution in [0.25, 0.3) is 16.8 Å². The Bertz CT molecular complexity index is 1520. The molecule has 0 bridgehead atoms. The number of nitrogens with one attached hydrogen (secondary N) is 1. The lowest BCUT2D eigenvalue weighted by Crippen LogP contribution is -2.14. The van der Waals surface area contributed by atoms with Crippen LogP contribution in [0.3, 0.4) is 0 Å². The molecule has 1 N–H and O–H groups in total. The van der Waals surface area contributed by atoms with E-state index in [1.165, 1.54) is 18.2 Å². The number of hydrogen-bond donors (Lipinski definition) is 1. The van der Waals surface area contributed by atoms with Gasteiger partial charge in [0.15, 0.2) is 0 Å². The highest BCUT2D eigenvalue weighted by molar-refractivity contribution is 6.11. The molecule has 0 aliphatic rings. The Balaban J connectivity index is 1.63. The van der Waals surface area contributed by atoms with E-state index >= 15 is 0 Å². The molecule has 184 valence electrons. The lowest BCUT2D eigenvalue weighted by molar-refractivity contribution is -0.384. The predicted octanol–water partition coefficient (Wildman–Crippen LogP) is 5.94. The van der Waals surface area contributed by atoms with Crippen LogP contribution in [0, 0.1) is 21.4 Å². The average molecular weight is 493 g/mol. The fourth-order valence-corrected chi connectivity index (χ4v) is 3.76. The van der Waals surface area contributed by atoms with Crippen LogP contribution >= 0.6 is 0 Å². The number of nitriles is 1. The van der Waals surface area contributed by atoms with Gasteiger partial charge in [0, 0.05) is 43.2 Å². The van der Waals surface area contributed by atoms with E-state index < -0.39 is 10.8 Å². The smallest absolute Gasteiger partial charge is 0.269 e. The molecule has 0 aromatic heterocycles. The Morgan fingerprint density at radius 2 is 1.73 bits per heavy atom. The maximum absolute atomic E-state index is 13.0. The number of ether oxygens (including phenoxy) is 1. The molecule has 0 saturated carbocycles. The number of nitro benzene ring substituents is 1. The monoisotopic (exact) mass is 492 g/mol. The molecule has 0 heterocycles. The lowest BCUT2D eigenvalue weighted by atomic mass is 10.0. The Hall–Kier alpha value is -5.16. The molecule has 0 spiro atoms. The van der Waals surface area contributed by atoms with Crippen LogP contribution in [0.1, 0.15) is 11.1 Å². The molecular formula is C29H24N4O4. The molecule has 0 aliphatic heterocycles. The van der Waals surface area contributed by atoms with E-state index in [9.17, 15) is 20.2 Å². The third-order valence-electron chi connectivity index (χ3n) is 5.77. The molecular weight excluding hydrogens is 468 g/mol. The van der Waals surface area contributed by atoms with Crippen LogP contribution < -0.4 is 15.0 Å². The third-order valence-corrected chi connectivity index (χ3v) is 5.77. The van der Waals surface area contributed by atoms with E-state index in [0.717, 1.165) is 22.0 Å². The highest BCUT2D eigenvalue weighted by Gasteiger charge is 2.14. The number of amides is 1. The number of anilines is 2. The Morgan fingerprint density at radius 1 is 1.03 bits per heavy atom. The summed E-state index contributed by atoms with van der Waals surface area (Å²) in [5.41, 5.74) is 2.82. The topological polar surface area (TPSA) is 108 Å². The summed E-state index contributed by atoms with van der Waals surface area (Å²) in [5, 5.41) is 25.2. The summed E-state index contributed by atoms with van der Waals surface area (Å²) in [5.74, 6) is -0.0534. The standard InChI is InChI=1S/C29H24N4O4/c1-32(2)24-14-10-23(11-15-24)31-29(34)22(18-30)17-27-26-6-4-3-5-21(26)9-16-28(27)37-19-20-7-12-25(13-8-20)33(35)36/h3-17H,19H2,1-2H3,(H,31,34)/b22-17-. The third kappa shape index (κ3) is 5.92. The lowest BCUT2D eigenvalue weighted by Gasteiger charge is -2.14. The fourth-order valence-electron chi connectivity index (χ4n) is 3.76. The number of fused-ring (bicyclic) bond motifs is 1. The van der Waals surface area contributed by atoms with Gasteiger partial charge in [-0.05, 0) is 64.9 Å². The largest absolute Gasteiger partial charge is 0.488 e. The van der Waals surface area contributed by atoms with Crippen molar-refractivity contribution in [3.05, 3.63) is 112 Å². The molecule has 0 saturated heterocycles.